The van der Waals surface area contributed by atoms with Gasteiger partial charge >= 0.3 is 5.97 Å². The highest BCUT2D eigenvalue weighted by atomic mass is 79.9. The molecule has 0 aliphatic heterocycles. The average Bonchev–Trinajstić information content (AvgIpc) is 2.37. The zero-order valence-corrected chi connectivity index (χ0v) is 12.1. The molecule has 0 fully saturated rings. The molecule has 0 atom stereocenters. The van der Waals surface area contributed by atoms with Crippen LogP contribution >= 0.6 is 15.9 Å². The summed E-state index contributed by atoms with van der Waals surface area (Å²) in [6.45, 7) is 0. The molecular formula is C14H10BrFN2O3. The third-order valence-electron chi connectivity index (χ3n) is 2.73. The maximum absolute atomic E-state index is 13.6. The van der Waals surface area contributed by atoms with Crippen molar-refractivity contribution < 1.29 is 19.1 Å². The molecule has 0 aromatic heterocycles. The Morgan fingerprint density at radius 2 is 1.81 bits per heavy atom. The van der Waals surface area contributed by atoms with Crippen LogP contribution in [0.25, 0.3) is 0 Å². The molecule has 108 valence electrons. The van der Waals surface area contributed by atoms with Crippen molar-refractivity contribution in [1.29, 1.82) is 0 Å². The van der Waals surface area contributed by atoms with Gasteiger partial charge in [-0.05, 0) is 36.4 Å². The highest BCUT2D eigenvalue weighted by molar-refractivity contribution is 9.10. The molecule has 0 saturated carbocycles. The Morgan fingerprint density at radius 1 is 1.14 bits per heavy atom. The first-order valence-electron chi connectivity index (χ1n) is 5.77. The number of anilines is 2. The number of carbonyl (C=O) groups excluding carboxylic acids is 1. The predicted molar refractivity (Wildman–Crippen MR) is 79.3 cm³/mol. The highest BCUT2D eigenvalue weighted by Crippen LogP contribution is 2.26. The summed E-state index contributed by atoms with van der Waals surface area (Å²) in [5.41, 5.74) is 5.77. The number of aromatic carboxylic acids is 1. The van der Waals surface area contributed by atoms with Gasteiger partial charge in [-0.25, -0.2) is 9.18 Å². The number of carbonyl (C=O) groups is 2. The normalized spacial score (nSPS) is 10.2. The topological polar surface area (TPSA) is 92.4 Å². The van der Waals surface area contributed by atoms with Gasteiger partial charge in [-0.2, -0.15) is 0 Å². The van der Waals surface area contributed by atoms with Gasteiger partial charge in [0.1, 0.15) is 5.82 Å². The van der Waals surface area contributed by atoms with Crippen LogP contribution in [0.5, 0.6) is 0 Å². The number of nitrogens with one attached hydrogen (secondary N) is 1. The molecule has 0 spiro atoms. The van der Waals surface area contributed by atoms with Gasteiger partial charge in [-0.1, -0.05) is 15.9 Å². The van der Waals surface area contributed by atoms with Gasteiger partial charge < -0.3 is 16.2 Å². The van der Waals surface area contributed by atoms with Gasteiger partial charge in [0.15, 0.2) is 0 Å². The largest absolute Gasteiger partial charge is 0.478 e. The lowest BCUT2D eigenvalue weighted by Gasteiger charge is -2.11. The van der Waals surface area contributed by atoms with Crippen LogP contribution in [0, 0.1) is 5.82 Å². The van der Waals surface area contributed by atoms with Crippen LogP contribution in [-0.4, -0.2) is 17.0 Å². The maximum atomic E-state index is 13.6. The predicted octanol–water partition coefficient (Wildman–Crippen LogP) is 3.13. The number of benzene rings is 2. The SMILES string of the molecule is NC(=O)c1ccc(Br)cc1Nc1ccc(C(=O)O)c(F)c1. The van der Waals surface area contributed by atoms with Gasteiger partial charge in [0, 0.05) is 10.2 Å². The second-order valence-corrected chi connectivity index (χ2v) is 5.09. The minimum atomic E-state index is -1.35. The fourth-order valence-electron chi connectivity index (χ4n) is 1.76. The minimum absolute atomic E-state index is 0.237. The summed E-state index contributed by atoms with van der Waals surface area (Å²) in [5.74, 6) is -2.85. The van der Waals surface area contributed by atoms with E-state index in [1.165, 1.54) is 12.1 Å². The summed E-state index contributed by atoms with van der Waals surface area (Å²) < 4.78 is 14.3. The number of halogens is 2. The van der Waals surface area contributed by atoms with Crippen LogP contribution in [0.3, 0.4) is 0 Å². The molecule has 0 saturated heterocycles. The molecule has 4 N–H and O–H groups in total. The van der Waals surface area contributed by atoms with Gasteiger partial charge in [0.2, 0.25) is 0 Å². The van der Waals surface area contributed by atoms with Crippen molar-refractivity contribution in [3.63, 3.8) is 0 Å². The molecular weight excluding hydrogens is 343 g/mol. The number of hydrogen-bond donors (Lipinski definition) is 3. The van der Waals surface area contributed by atoms with Crippen molar-refractivity contribution in [2.75, 3.05) is 5.32 Å². The third-order valence-corrected chi connectivity index (χ3v) is 3.22. The van der Waals surface area contributed by atoms with Crippen molar-refractivity contribution in [3.05, 3.63) is 57.8 Å². The first-order valence-corrected chi connectivity index (χ1v) is 6.57. The summed E-state index contributed by atoms with van der Waals surface area (Å²) in [6.07, 6.45) is 0. The van der Waals surface area contributed by atoms with E-state index in [1.54, 1.807) is 12.1 Å². The molecule has 7 heteroatoms. The van der Waals surface area contributed by atoms with Crippen molar-refractivity contribution in [3.8, 4) is 0 Å². The average molecular weight is 353 g/mol. The number of amides is 1. The van der Waals surface area contributed by atoms with E-state index < -0.39 is 23.3 Å². The number of nitrogens with two attached hydrogens (primary N) is 1. The minimum Gasteiger partial charge on any atom is -0.478 e. The Hall–Kier alpha value is -2.41. The number of carboxylic acids is 1. The fourth-order valence-corrected chi connectivity index (χ4v) is 2.12. The van der Waals surface area contributed by atoms with Crippen molar-refractivity contribution >= 4 is 39.2 Å². The quantitative estimate of drug-likeness (QED) is 0.787. The van der Waals surface area contributed by atoms with Crippen LogP contribution in [0.15, 0.2) is 40.9 Å². The van der Waals surface area contributed by atoms with E-state index in [0.29, 0.717) is 15.8 Å². The summed E-state index contributed by atoms with van der Waals surface area (Å²) >= 11 is 3.26. The van der Waals surface area contributed by atoms with Crippen molar-refractivity contribution in [1.82, 2.24) is 0 Å². The Labute approximate surface area is 127 Å². The molecule has 0 aliphatic carbocycles. The van der Waals surface area contributed by atoms with Gasteiger partial charge in [0.05, 0.1) is 16.8 Å². The lowest BCUT2D eigenvalue weighted by Crippen LogP contribution is -2.13. The molecule has 2 aromatic rings. The molecule has 0 radical (unpaired) electrons. The van der Waals surface area contributed by atoms with Gasteiger partial charge in [-0.15, -0.1) is 0 Å². The molecule has 2 aromatic carbocycles. The number of primary amides is 1. The molecule has 5 nitrogen and oxygen atoms in total. The van der Waals surface area contributed by atoms with E-state index >= 15 is 0 Å². The Morgan fingerprint density at radius 3 is 2.38 bits per heavy atom. The Balaban J connectivity index is 2.38. The summed E-state index contributed by atoms with van der Waals surface area (Å²) in [4.78, 5) is 22.1. The number of rotatable bonds is 4. The first-order chi connectivity index (χ1) is 9.88. The summed E-state index contributed by atoms with van der Waals surface area (Å²) in [6, 6.07) is 8.37. The summed E-state index contributed by atoms with van der Waals surface area (Å²) in [7, 11) is 0. The number of carboxylic acid groups (broad SMARTS) is 1. The van der Waals surface area contributed by atoms with Crippen molar-refractivity contribution in [2.24, 2.45) is 5.73 Å². The van der Waals surface area contributed by atoms with Crippen LogP contribution in [0.4, 0.5) is 15.8 Å². The molecule has 2 rings (SSSR count). The van der Waals surface area contributed by atoms with Crippen molar-refractivity contribution in [2.45, 2.75) is 0 Å². The van der Waals surface area contributed by atoms with Crippen LogP contribution < -0.4 is 11.1 Å². The molecule has 1 amide bonds. The van der Waals surface area contributed by atoms with E-state index in [2.05, 4.69) is 21.2 Å². The summed E-state index contributed by atoms with van der Waals surface area (Å²) in [5, 5.41) is 11.6. The third kappa shape index (κ3) is 3.38. The van der Waals surface area contributed by atoms with E-state index in [1.807, 2.05) is 0 Å². The lowest BCUT2D eigenvalue weighted by molar-refractivity contribution is 0.0691. The zero-order valence-electron chi connectivity index (χ0n) is 10.6. The van der Waals surface area contributed by atoms with E-state index in [0.717, 1.165) is 12.1 Å². The van der Waals surface area contributed by atoms with Crippen LogP contribution in [-0.2, 0) is 0 Å². The second kappa shape index (κ2) is 5.92. The standard InChI is InChI=1S/C14H10BrFN2O3/c15-7-1-3-10(13(17)19)12(5-7)18-8-2-4-9(14(20)21)11(16)6-8/h1-6,18H,(H2,17,19)(H,20,21). The Kier molecular flexibility index (Phi) is 4.23. The lowest BCUT2D eigenvalue weighted by atomic mass is 10.1. The molecule has 0 heterocycles. The van der Waals surface area contributed by atoms with E-state index in [9.17, 15) is 14.0 Å². The monoisotopic (exact) mass is 352 g/mol. The Bertz CT molecular complexity index is 734. The zero-order chi connectivity index (χ0) is 15.6. The number of hydrogen-bond acceptors (Lipinski definition) is 3. The molecule has 0 unspecified atom stereocenters. The van der Waals surface area contributed by atoms with E-state index in [-0.39, 0.29) is 5.56 Å². The maximum Gasteiger partial charge on any atom is 0.338 e. The highest BCUT2D eigenvalue weighted by Gasteiger charge is 2.12. The molecule has 0 bridgehead atoms. The van der Waals surface area contributed by atoms with Gasteiger partial charge in [-0.3, -0.25) is 4.79 Å². The molecule has 21 heavy (non-hydrogen) atoms. The smallest absolute Gasteiger partial charge is 0.338 e. The molecule has 0 aliphatic rings. The second-order valence-electron chi connectivity index (χ2n) is 4.18. The van der Waals surface area contributed by atoms with Gasteiger partial charge in [0.25, 0.3) is 5.91 Å². The van der Waals surface area contributed by atoms with Crippen LogP contribution in [0.2, 0.25) is 0 Å². The first kappa shape index (κ1) is 15.0. The fraction of sp³-hybridized carbons (Fsp3) is 0. The van der Waals surface area contributed by atoms with Crippen LogP contribution in [0.1, 0.15) is 20.7 Å². The van der Waals surface area contributed by atoms with E-state index in [4.69, 9.17) is 10.8 Å².